The summed E-state index contributed by atoms with van der Waals surface area (Å²) < 4.78 is 17.7. The van der Waals surface area contributed by atoms with Crippen molar-refractivity contribution in [3.8, 4) is 16.9 Å². The number of halogens is 2. The predicted octanol–water partition coefficient (Wildman–Crippen LogP) is 4.21. The molecular weight excluding hydrogens is 355 g/mol. The van der Waals surface area contributed by atoms with Gasteiger partial charge in [0.05, 0.1) is 12.1 Å². The van der Waals surface area contributed by atoms with Crippen molar-refractivity contribution in [3.63, 3.8) is 0 Å². The van der Waals surface area contributed by atoms with Crippen molar-refractivity contribution in [1.29, 1.82) is 0 Å². The lowest BCUT2D eigenvalue weighted by Gasteiger charge is -2.08. The summed E-state index contributed by atoms with van der Waals surface area (Å²) in [6.07, 6.45) is 0. The van der Waals surface area contributed by atoms with Gasteiger partial charge in [-0.3, -0.25) is 4.79 Å². The van der Waals surface area contributed by atoms with Crippen LogP contribution in [0.3, 0.4) is 0 Å². The Labute approximate surface area is 144 Å². The van der Waals surface area contributed by atoms with E-state index in [-0.39, 0.29) is 10.6 Å². The van der Waals surface area contributed by atoms with Crippen molar-refractivity contribution in [2.75, 3.05) is 7.11 Å². The molecule has 0 radical (unpaired) electrons. The largest absolute Gasteiger partial charge is 0.506 e. The van der Waals surface area contributed by atoms with Gasteiger partial charge in [0.2, 0.25) is 0 Å². The molecule has 1 heterocycles. The molecule has 0 fully saturated rings. The van der Waals surface area contributed by atoms with Crippen LogP contribution in [0.2, 0.25) is 5.02 Å². The fourth-order valence-electron chi connectivity index (χ4n) is 2.32. The first-order valence-corrected chi connectivity index (χ1v) is 7.95. The van der Waals surface area contributed by atoms with E-state index in [4.69, 9.17) is 11.6 Å². The van der Waals surface area contributed by atoms with E-state index in [0.717, 1.165) is 18.4 Å². The van der Waals surface area contributed by atoms with Gasteiger partial charge in [0, 0.05) is 10.1 Å². The summed E-state index contributed by atoms with van der Waals surface area (Å²) in [7, 11) is 1.14. The molecule has 0 unspecified atom stereocenters. The van der Waals surface area contributed by atoms with Crippen LogP contribution in [0.5, 0.6) is 5.75 Å². The SMILES string of the molecule is COC(=O)c1c(O)c2ccc(-c3ccc(F)c(Cl)c3)cc2sc1=O. The minimum Gasteiger partial charge on any atom is -0.506 e. The number of ether oxygens (including phenoxy) is 1. The second-order valence-corrected chi connectivity index (χ2v) is 6.37. The number of hydrogen-bond donors (Lipinski definition) is 1. The van der Waals surface area contributed by atoms with E-state index in [1.165, 1.54) is 12.1 Å². The van der Waals surface area contributed by atoms with Crippen LogP contribution in [0, 0.1) is 5.82 Å². The molecule has 3 rings (SSSR count). The molecule has 0 saturated carbocycles. The van der Waals surface area contributed by atoms with Gasteiger partial charge in [-0.15, -0.1) is 0 Å². The molecule has 1 aromatic heterocycles. The van der Waals surface area contributed by atoms with Crippen LogP contribution in [0.1, 0.15) is 10.4 Å². The van der Waals surface area contributed by atoms with Gasteiger partial charge < -0.3 is 9.84 Å². The Hall–Kier alpha value is -2.44. The van der Waals surface area contributed by atoms with E-state index in [1.54, 1.807) is 24.3 Å². The molecule has 0 saturated heterocycles. The number of aromatic hydroxyl groups is 1. The van der Waals surface area contributed by atoms with Crippen molar-refractivity contribution in [2.45, 2.75) is 0 Å². The number of rotatable bonds is 2. The highest BCUT2D eigenvalue weighted by atomic mass is 35.5. The second kappa shape index (κ2) is 6.22. The third-order valence-corrected chi connectivity index (χ3v) is 4.76. The van der Waals surface area contributed by atoms with Crippen molar-refractivity contribution in [1.82, 2.24) is 0 Å². The van der Waals surface area contributed by atoms with Crippen molar-refractivity contribution >= 4 is 39.0 Å². The highest BCUT2D eigenvalue weighted by Crippen LogP contribution is 2.33. The first kappa shape index (κ1) is 16.4. The number of carbonyl (C=O) groups excluding carboxylic acids is 1. The van der Waals surface area contributed by atoms with Gasteiger partial charge in [-0.1, -0.05) is 35.1 Å². The highest BCUT2D eigenvalue weighted by Gasteiger charge is 2.20. The average molecular weight is 365 g/mol. The van der Waals surface area contributed by atoms with E-state index in [9.17, 15) is 19.1 Å². The Morgan fingerprint density at radius 2 is 1.88 bits per heavy atom. The minimum atomic E-state index is -0.884. The van der Waals surface area contributed by atoms with Crippen LogP contribution in [0.25, 0.3) is 21.2 Å². The van der Waals surface area contributed by atoms with E-state index >= 15 is 0 Å². The minimum absolute atomic E-state index is 0.00956. The maximum atomic E-state index is 13.3. The topological polar surface area (TPSA) is 63.6 Å². The summed E-state index contributed by atoms with van der Waals surface area (Å²) in [6.45, 7) is 0. The lowest BCUT2D eigenvalue weighted by molar-refractivity contribution is 0.0597. The molecule has 1 N–H and O–H groups in total. The fourth-order valence-corrected chi connectivity index (χ4v) is 3.44. The summed E-state index contributed by atoms with van der Waals surface area (Å²) in [5, 5.41) is 10.6. The molecule has 0 aliphatic rings. The van der Waals surface area contributed by atoms with E-state index in [1.807, 2.05) is 0 Å². The van der Waals surface area contributed by atoms with Crippen molar-refractivity contribution in [2.24, 2.45) is 0 Å². The Kier molecular flexibility index (Phi) is 4.26. The molecule has 0 atom stereocenters. The maximum Gasteiger partial charge on any atom is 0.346 e. The standard InChI is InChI=1S/C17H10ClFO4S/c1-23-16(21)14-15(20)10-4-2-9(7-13(10)24-17(14)22)8-3-5-12(19)11(18)6-8/h2-7,20H,1H3. The van der Waals surface area contributed by atoms with E-state index in [0.29, 0.717) is 21.2 Å². The smallest absolute Gasteiger partial charge is 0.346 e. The molecule has 0 aliphatic carbocycles. The van der Waals surface area contributed by atoms with Crippen LogP contribution in [-0.2, 0) is 4.74 Å². The quantitative estimate of drug-likeness (QED) is 0.692. The van der Waals surface area contributed by atoms with Crippen LogP contribution < -0.4 is 4.74 Å². The molecular formula is C17H10ClFO4S. The van der Waals surface area contributed by atoms with Gasteiger partial charge in [-0.05, 0) is 35.4 Å². The van der Waals surface area contributed by atoms with Crippen LogP contribution >= 0.6 is 22.9 Å². The van der Waals surface area contributed by atoms with Gasteiger partial charge in [0.15, 0.2) is 5.56 Å². The summed E-state index contributed by atoms with van der Waals surface area (Å²) >= 11 is 6.61. The lowest BCUT2D eigenvalue weighted by atomic mass is 10.0. The van der Waals surface area contributed by atoms with E-state index in [2.05, 4.69) is 4.74 Å². The Morgan fingerprint density at radius 3 is 2.54 bits per heavy atom. The second-order valence-electron chi connectivity index (χ2n) is 4.94. The zero-order valence-corrected chi connectivity index (χ0v) is 13.9. The molecule has 4 nitrogen and oxygen atoms in total. The number of benzene rings is 2. The summed E-state index contributed by atoms with van der Waals surface area (Å²) in [4.78, 5) is 23.7. The van der Waals surface area contributed by atoms with Crippen LogP contribution in [-0.4, -0.2) is 18.2 Å². The molecule has 0 bridgehead atoms. The Balaban J connectivity index is 2.21. The molecule has 2 aromatic carbocycles. The van der Waals surface area contributed by atoms with Gasteiger partial charge in [-0.25, -0.2) is 9.18 Å². The zero-order chi connectivity index (χ0) is 17.4. The molecule has 122 valence electrons. The lowest BCUT2D eigenvalue weighted by Crippen LogP contribution is -2.13. The Bertz CT molecular complexity index is 1030. The molecule has 0 aliphatic heterocycles. The molecule has 3 aromatic rings. The number of carbonyl (C=O) groups is 1. The third-order valence-electron chi connectivity index (χ3n) is 3.52. The first-order chi connectivity index (χ1) is 11.4. The molecule has 24 heavy (non-hydrogen) atoms. The Morgan fingerprint density at radius 1 is 1.21 bits per heavy atom. The number of esters is 1. The number of methoxy groups -OCH3 is 1. The summed E-state index contributed by atoms with van der Waals surface area (Å²) in [6, 6.07) is 9.23. The normalized spacial score (nSPS) is 10.8. The maximum absolute atomic E-state index is 13.3. The number of fused-ring (bicyclic) bond motifs is 1. The third kappa shape index (κ3) is 2.74. The first-order valence-electron chi connectivity index (χ1n) is 6.76. The molecule has 7 heteroatoms. The average Bonchev–Trinajstić information content (AvgIpc) is 2.56. The van der Waals surface area contributed by atoms with Gasteiger partial charge in [-0.2, -0.15) is 0 Å². The van der Waals surface area contributed by atoms with Crippen molar-refractivity contribution in [3.05, 3.63) is 62.3 Å². The van der Waals surface area contributed by atoms with Crippen molar-refractivity contribution < 1.29 is 19.0 Å². The van der Waals surface area contributed by atoms with Crippen LogP contribution in [0.15, 0.2) is 41.2 Å². The zero-order valence-electron chi connectivity index (χ0n) is 12.3. The summed E-state index contributed by atoms with van der Waals surface area (Å²) in [5.74, 6) is -1.82. The molecule has 0 amide bonds. The predicted molar refractivity (Wildman–Crippen MR) is 91.5 cm³/mol. The van der Waals surface area contributed by atoms with E-state index < -0.39 is 22.3 Å². The van der Waals surface area contributed by atoms with Gasteiger partial charge >= 0.3 is 5.97 Å². The highest BCUT2D eigenvalue weighted by molar-refractivity contribution is 7.16. The van der Waals surface area contributed by atoms with Gasteiger partial charge in [0.1, 0.15) is 11.6 Å². The number of hydrogen-bond acceptors (Lipinski definition) is 5. The summed E-state index contributed by atoms with van der Waals surface area (Å²) in [5.41, 5.74) is 0.984. The monoisotopic (exact) mass is 364 g/mol. The fraction of sp³-hybridized carbons (Fsp3) is 0.0588. The van der Waals surface area contributed by atoms with Gasteiger partial charge in [0.25, 0.3) is 4.74 Å². The molecule has 0 spiro atoms. The van der Waals surface area contributed by atoms with Crippen LogP contribution in [0.4, 0.5) is 4.39 Å².